The summed E-state index contributed by atoms with van der Waals surface area (Å²) in [6.45, 7) is 6.83. The number of ether oxygens (including phenoxy) is 1. The van der Waals surface area contributed by atoms with E-state index in [1.807, 2.05) is 26.0 Å². The summed E-state index contributed by atoms with van der Waals surface area (Å²) >= 11 is 5.87. The Morgan fingerprint density at radius 2 is 2.03 bits per heavy atom. The van der Waals surface area contributed by atoms with Crippen LogP contribution in [0.4, 0.5) is 11.5 Å². The minimum Gasteiger partial charge on any atom is -0.476 e. The smallest absolute Gasteiger partial charge is 0.356 e. The van der Waals surface area contributed by atoms with Crippen molar-refractivity contribution in [3.05, 3.63) is 52.4 Å². The van der Waals surface area contributed by atoms with Gasteiger partial charge in [0.15, 0.2) is 5.69 Å². The average Bonchev–Trinajstić information content (AvgIpc) is 2.74. The van der Waals surface area contributed by atoms with Crippen LogP contribution < -0.4 is 10.2 Å². The number of aryl methyl sites for hydroxylation is 1. The summed E-state index contributed by atoms with van der Waals surface area (Å²) in [5.41, 5.74) is 3.83. The largest absolute Gasteiger partial charge is 0.476 e. The second-order valence-corrected chi connectivity index (χ2v) is 7.64. The first kappa shape index (κ1) is 20.3. The van der Waals surface area contributed by atoms with E-state index in [0.717, 1.165) is 41.1 Å². The van der Waals surface area contributed by atoms with Gasteiger partial charge >= 0.3 is 5.97 Å². The molecule has 3 aromatic rings. The maximum atomic E-state index is 11.6. The van der Waals surface area contributed by atoms with Crippen molar-refractivity contribution >= 4 is 40.1 Å². The fourth-order valence-corrected chi connectivity index (χ4v) is 3.73. The summed E-state index contributed by atoms with van der Waals surface area (Å²) in [6.07, 6.45) is 1.79. The first-order valence-corrected chi connectivity index (χ1v) is 10.1. The number of nitrogens with zero attached hydrogens (tertiary/aromatic N) is 4. The van der Waals surface area contributed by atoms with E-state index in [-0.39, 0.29) is 16.9 Å². The molecule has 156 valence electrons. The van der Waals surface area contributed by atoms with Crippen LogP contribution in [0.3, 0.4) is 0 Å². The number of aromatic nitrogens is 3. The van der Waals surface area contributed by atoms with Crippen molar-refractivity contribution < 1.29 is 14.6 Å². The molecule has 3 heterocycles. The number of carboxylic acid groups (broad SMARTS) is 1. The number of aromatic carboxylic acids is 1. The molecule has 1 aliphatic rings. The number of carbonyl (C=O) groups is 1. The second kappa shape index (κ2) is 8.41. The zero-order chi connectivity index (χ0) is 21.3. The van der Waals surface area contributed by atoms with E-state index in [1.54, 1.807) is 18.3 Å². The van der Waals surface area contributed by atoms with Crippen molar-refractivity contribution in [3.63, 3.8) is 0 Å². The number of benzene rings is 1. The van der Waals surface area contributed by atoms with Crippen LogP contribution in [-0.4, -0.2) is 52.3 Å². The van der Waals surface area contributed by atoms with Gasteiger partial charge in [0.25, 0.3) is 0 Å². The third kappa shape index (κ3) is 4.15. The number of morpholine rings is 1. The van der Waals surface area contributed by atoms with E-state index in [0.29, 0.717) is 18.9 Å². The van der Waals surface area contributed by atoms with Gasteiger partial charge in [-0.1, -0.05) is 17.7 Å². The number of anilines is 2. The quantitative estimate of drug-likeness (QED) is 0.594. The molecule has 0 amide bonds. The number of halogens is 1. The van der Waals surface area contributed by atoms with Crippen LogP contribution in [0.5, 0.6) is 0 Å². The Bertz CT molecular complexity index is 1100. The Labute approximate surface area is 178 Å². The Morgan fingerprint density at radius 3 is 2.77 bits per heavy atom. The molecule has 1 saturated heterocycles. The fraction of sp³-hybridized carbons (Fsp3) is 0.333. The summed E-state index contributed by atoms with van der Waals surface area (Å²) < 4.78 is 5.43. The van der Waals surface area contributed by atoms with Crippen LogP contribution in [0, 0.1) is 6.92 Å². The molecule has 9 heteroatoms. The predicted octanol–water partition coefficient (Wildman–Crippen LogP) is 3.69. The van der Waals surface area contributed by atoms with Gasteiger partial charge < -0.3 is 20.1 Å². The van der Waals surface area contributed by atoms with Crippen LogP contribution in [0.15, 0.2) is 30.5 Å². The number of pyridine rings is 1. The molecule has 2 aromatic heterocycles. The highest BCUT2D eigenvalue weighted by atomic mass is 35.5. The molecule has 0 aliphatic carbocycles. The lowest BCUT2D eigenvalue weighted by Crippen LogP contribution is -2.36. The van der Waals surface area contributed by atoms with Gasteiger partial charge in [-0.3, -0.25) is 4.98 Å². The number of hydrogen-bond donors (Lipinski definition) is 2. The van der Waals surface area contributed by atoms with Crippen molar-refractivity contribution in [2.75, 3.05) is 36.5 Å². The second-order valence-electron chi connectivity index (χ2n) is 7.25. The van der Waals surface area contributed by atoms with Gasteiger partial charge in [-0.05, 0) is 37.6 Å². The van der Waals surface area contributed by atoms with Crippen molar-refractivity contribution in [3.8, 4) is 0 Å². The SMILES string of the molecule is Cc1cc([C@@H](C)Nc2ccc(Cl)nc2C(=O)O)c2nc(N3CCOCC3)cnc2c1. The first-order valence-electron chi connectivity index (χ1n) is 9.69. The highest BCUT2D eigenvalue weighted by molar-refractivity contribution is 6.29. The molecule has 4 rings (SSSR count). The van der Waals surface area contributed by atoms with Gasteiger partial charge in [0.2, 0.25) is 0 Å². The minimum absolute atomic E-state index is 0.119. The van der Waals surface area contributed by atoms with Crippen LogP contribution >= 0.6 is 11.6 Å². The Kier molecular flexibility index (Phi) is 5.69. The number of rotatable bonds is 5. The van der Waals surface area contributed by atoms with Crippen molar-refractivity contribution in [2.24, 2.45) is 0 Å². The predicted molar refractivity (Wildman–Crippen MR) is 116 cm³/mol. The minimum atomic E-state index is -1.14. The zero-order valence-corrected chi connectivity index (χ0v) is 17.5. The maximum absolute atomic E-state index is 11.6. The van der Waals surface area contributed by atoms with E-state index >= 15 is 0 Å². The molecule has 30 heavy (non-hydrogen) atoms. The van der Waals surface area contributed by atoms with Crippen LogP contribution in [-0.2, 0) is 4.74 Å². The summed E-state index contributed by atoms with van der Waals surface area (Å²) in [6, 6.07) is 6.99. The van der Waals surface area contributed by atoms with E-state index in [4.69, 9.17) is 21.3 Å². The normalized spacial score (nSPS) is 15.2. The molecule has 1 aromatic carbocycles. The highest BCUT2D eigenvalue weighted by Gasteiger charge is 2.19. The Hall–Kier alpha value is -2.97. The molecule has 0 saturated carbocycles. The molecule has 8 nitrogen and oxygen atoms in total. The van der Waals surface area contributed by atoms with Crippen LogP contribution in [0.2, 0.25) is 5.15 Å². The van der Waals surface area contributed by atoms with Crippen LogP contribution in [0.1, 0.15) is 34.6 Å². The molecule has 0 bridgehead atoms. The summed E-state index contributed by atoms with van der Waals surface area (Å²) in [4.78, 5) is 27.2. The topological polar surface area (TPSA) is 100 Å². The number of carboxylic acids is 1. The Morgan fingerprint density at radius 1 is 1.27 bits per heavy atom. The standard InChI is InChI=1S/C21H22ClN5O3/c1-12-9-14(13(2)24-15-3-4-17(22)25-20(15)21(28)29)19-16(10-12)23-11-18(26-19)27-5-7-30-8-6-27/h3-4,9-11,13,24H,5-8H2,1-2H3,(H,28,29)/t13-/m1/s1. The number of hydrogen-bond acceptors (Lipinski definition) is 7. The summed E-state index contributed by atoms with van der Waals surface area (Å²) in [5, 5.41) is 12.9. The average molecular weight is 428 g/mol. The van der Waals surface area contributed by atoms with Crippen molar-refractivity contribution in [2.45, 2.75) is 19.9 Å². The van der Waals surface area contributed by atoms with Gasteiger partial charge in [0.1, 0.15) is 11.0 Å². The first-order chi connectivity index (χ1) is 14.4. The number of nitrogens with one attached hydrogen (secondary N) is 1. The van der Waals surface area contributed by atoms with E-state index in [2.05, 4.69) is 20.2 Å². The third-order valence-corrected chi connectivity index (χ3v) is 5.26. The van der Waals surface area contributed by atoms with Crippen molar-refractivity contribution in [1.29, 1.82) is 0 Å². The molecule has 1 aliphatic heterocycles. The number of fused-ring (bicyclic) bond motifs is 1. The zero-order valence-electron chi connectivity index (χ0n) is 16.7. The molecule has 1 fully saturated rings. The molecular weight excluding hydrogens is 406 g/mol. The summed E-state index contributed by atoms with van der Waals surface area (Å²) in [5.74, 6) is -0.335. The molecule has 1 atom stereocenters. The highest BCUT2D eigenvalue weighted by Crippen LogP contribution is 2.29. The van der Waals surface area contributed by atoms with E-state index in [1.165, 1.54) is 0 Å². The van der Waals surface area contributed by atoms with Gasteiger partial charge in [-0.2, -0.15) is 0 Å². The monoisotopic (exact) mass is 427 g/mol. The third-order valence-electron chi connectivity index (χ3n) is 5.05. The molecule has 0 unspecified atom stereocenters. The lowest BCUT2D eigenvalue weighted by Gasteiger charge is -2.28. The molecule has 2 N–H and O–H groups in total. The van der Waals surface area contributed by atoms with E-state index < -0.39 is 5.97 Å². The van der Waals surface area contributed by atoms with E-state index in [9.17, 15) is 9.90 Å². The molecule has 0 spiro atoms. The van der Waals surface area contributed by atoms with Gasteiger partial charge in [0, 0.05) is 18.7 Å². The Balaban J connectivity index is 1.73. The van der Waals surface area contributed by atoms with Gasteiger partial charge in [-0.25, -0.2) is 14.8 Å². The summed E-state index contributed by atoms with van der Waals surface area (Å²) in [7, 11) is 0. The maximum Gasteiger partial charge on any atom is 0.356 e. The van der Waals surface area contributed by atoms with Crippen LogP contribution in [0.25, 0.3) is 11.0 Å². The van der Waals surface area contributed by atoms with Gasteiger partial charge in [0.05, 0.1) is 42.2 Å². The molecule has 0 radical (unpaired) electrons. The van der Waals surface area contributed by atoms with Gasteiger partial charge in [-0.15, -0.1) is 0 Å². The van der Waals surface area contributed by atoms with Crippen molar-refractivity contribution in [1.82, 2.24) is 15.0 Å². The lowest BCUT2D eigenvalue weighted by molar-refractivity contribution is 0.0691. The lowest BCUT2D eigenvalue weighted by atomic mass is 10.0. The fourth-order valence-electron chi connectivity index (χ4n) is 3.58. The molecular formula is C21H22ClN5O3.